The van der Waals surface area contributed by atoms with Crippen molar-refractivity contribution in [3.63, 3.8) is 0 Å². The van der Waals surface area contributed by atoms with Gasteiger partial charge < -0.3 is 5.32 Å². The molecule has 110 valence electrons. The average molecular weight is 280 g/mol. The molecule has 2 heteroatoms. The molecular formula is C19H24N2. The topological polar surface area (TPSA) is 15.3 Å². The maximum atomic E-state index is 3.63. The Morgan fingerprint density at radius 3 is 1.67 bits per heavy atom. The third kappa shape index (κ3) is 3.34. The van der Waals surface area contributed by atoms with Crippen LogP contribution in [0.2, 0.25) is 0 Å². The molecule has 2 nitrogen and oxygen atoms in total. The molecule has 0 bridgehead atoms. The van der Waals surface area contributed by atoms with Crippen LogP contribution in [0.4, 0.5) is 0 Å². The monoisotopic (exact) mass is 280 g/mol. The Morgan fingerprint density at radius 2 is 1.24 bits per heavy atom. The fourth-order valence-electron chi connectivity index (χ4n) is 3.46. The van der Waals surface area contributed by atoms with E-state index in [2.05, 4.69) is 84.7 Å². The van der Waals surface area contributed by atoms with Gasteiger partial charge in [0.2, 0.25) is 0 Å². The lowest BCUT2D eigenvalue weighted by molar-refractivity contribution is 0.141. The standard InChI is InChI=1S/C19H24N2/c1-15-13-21(14-16(2)20-15)19(17-9-5-3-6-10-17)18-11-7-4-8-12-18/h3-12,15-16,19-20H,13-14H2,1-2H3/t15-,16-/m0/s1. The normalized spacial score (nSPS) is 23.4. The molecule has 0 spiro atoms. The second-order valence-electron chi connectivity index (χ2n) is 6.15. The predicted molar refractivity (Wildman–Crippen MR) is 88.4 cm³/mol. The van der Waals surface area contributed by atoms with Crippen molar-refractivity contribution >= 4 is 0 Å². The largest absolute Gasteiger partial charge is 0.309 e. The quantitative estimate of drug-likeness (QED) is 0.926. The molecule has 2 aromatic carbocycles. The lowest BCUT2D eigenvalue weighted by Gasteiger charge is -2.41. The molecule has 1 N–H and O–H groups in total. The third-order valence-electron chi connectivity index (χ3n) is 4.18. The van der Waals surface area contributed by atoms with Crippen molar-refractivity contribution in [3.8, 4) is 0 Å². The average Bonchev–Trinajstić information content (AvgIpc) is 2.49. The zero-order valence-corrected chi connectivity index (χ0v) is 12.9. The second kappa shape index (κ2) is 6.42. The Morgan fingerprint density at radius 1 is 0.810 bits per heavy atom. The highest BCUT2D eigenvalue weighted by Gasteiger charge is 2.28. The van der Waals surface area contributed by atoms with Crippen molar-refractivity contribution in [3.05, 3.63) is 71.8 Å². The Kier molecular flexibility index (Phi) is 4.37. The minimum atomic E-state index is 0.347. The molecule has 0 aromatic heterocycles. The van der Waals surface area contributed by atoms with Crippen molar-refractivity contribution in [2.24, 2.45) is 0 Å². The van der Waals surface area contributed by atoms with Gasteiger partial charge in [0.05, 0.1) is 6.04 Å². The van der Waals surface area contributed by atoms with Gasteiger partial charge in [0.1, 0.15) is 0 Å². The van der Waals surface area contributed by atoms with E-state index in [0.29, 0.717) is 18.1 Å². The highest BCUT2D eigenvalue weighted by atomic mass is 15.2. The van der Waals surface area contributed by atoms with E-state index in [1.807, 2.05) is 0 Å². The van der Waals surface area contributed by atoms with Crippen LogP contribution in [0.15, 0.2) is 60.7 Å². The SMILES string of the molecule is C[C@H]1CN(C(c2ccccc2)c2ccccc2)C[C@H](C)N1. The molecule has 2 atom stereocenters. The van der Waals surface area contributed by atoms with Gasteiger partial charge in [0.15, 0.2) is 0 Å². The number of hydrogen-bond acceptors (Lipinski definition) is 2. The van der Waals surface area contributed by atoms with Gasteiger partial charge in [-0.05, 0) is 25.0 Å². The molecule has 1 fully saturated rings. The van der Waals surface area contributed by atoms with Crippen LogP contribution in [0.25, 0.3) is 0 Å². The van der Waals surface area contributed by atoms with Gasteiger partial charge in [-0.1, -0.05) is 60.7 Å². The fraction of sp³-hybridized carbons (Fsp3) is 0.368. The third-order valence-corrected chi connectivity index (χ3v) is 4.18. The Balaban J connectivity index is 1.96. The summed E-state index contributed by atoms with van der Waals surface area (Å²) in [6.07, 6.45) is 0. The van der Waals surface area contributed by atoms with E-state index in [9.17, 15) is 0 Å². The first-order valence-electron chi connectivity index (χ1n) is 7.84. The van der Waals surface area contributed by atoms with E-state index < -0.39 is 0 Å². The molecule has 21 heavy (non-hydrogen) atoms. The summed E-state index contributed by atoms with van der Waals surface area (Å²) in [5.41, 5.74) is 2.76. The van der Waals surface area contributed by atoms with Crippen LogP contribution in [0.5, 0.6) is 0 Å². The minimum absolute atomic E-state index is 0.347. The molecule has 3 rings (SSSR count). The molecule has 2 aromatic rings. The van der Waals surface area contributed by atoms with Crippen LogP contribution in [0.3, 0.4) is 0 Å². The van der Waals surface area contributed by atoms with Crippen LogP contribution in [-0.4, -0.2) is 30.1 Å². The van der Waals surface area contributed by atoms with E-state index >= 15 is 0 Å². The summed E-state index contributed by atoms with van der Waals surface area (Å²) in [4.78, 5) is 2.61. The second-order valence-corrected chi connectivity index (χ2v) is 6.15. The summed E-state index contributed by atoms with van der Waals surface area (Å²) >= 11 is 0. The van der Waals surface area contributed by atoms with E-state index in [1.165, 1.54) is 11.1 Å². The smallest absolute Gasteiger partial charge is 0.0602 e. The van der Waals surface area contributed by atoms with Gasteiger partial charge in [-0.3, -0.25) is 4.90 Å². The summed E-state index contributed by atoms with van der Waals surface area (Å²) in [6.45, 7) is 6.71. The van der Waals surface area contributed by atoms with Crippen molar-refractivity contribution < 1.29 is 0 Å². The first-order chi connectivity index (χ1) is 10.2. The molecule has 1 aliphatic rings. The van der Waals surface area contributed by atoms with E-state index in [1.54, 1.807) is 0 Å². The molecular weight excluding hydrogens is 256 g/mol. The molecule has 0 radical (unpaired) electrons. The highest BCUT2D eigenvalue weighted by Crippen LogP contribution is 2.29. The summed E-state index contributed by atoms with van der Waals surface area (Å²) in [5.74, 6) is 0. The Bertz CT molecular complexity index is 503. The number of rotatable bonds is 3. The summed E-state index contributed by atoms with van der Waals surface area (Å²) < 4.78 is 0. The maximum absolute atomic E-state index is 3.63. The van der Waals surface area contributed by atoms with Gasteiger partial charge in [-0.15, -0.1) is 0 Å². The Labute approximate surface area is 127 Å². The summed E-state index contributed by atoms with van der Waals surface area (Å²) in [5, 5.41) is 3.63. The molecule has 1 aliphatic heterocycles. The fourth-order valence-corrected chi connectivity index (χ4v) is 3.46. The molecule has 1 saturated heterocycles. The molecule has 0 aliphatic carbocycles. The van der Waals surface area contributed by atoms with Crippen LogP contribution < -0.4 is 5.32 Å². The van der Waals surface area contributed by atoms with Crippen LogP contribution in [0, 0.1) is 0 Å². The maximum Gasteiger partial charge on any atom is 0.0602 e. The Hall–Kier alpha value is -1.64. The zero-order valence-electron chi connectivity index (χ0n) is 12.9. The minimum Gasteiger partial charge on any atom is -0.309 e. The molecule has 0 saturated carbocycles. The number of piperazine rings is 1. The number of nitrogens with one attached hydrogen (secondary N) is 1. The van der Waals surface area contributed by atoms with E-state index in [0.717, 1.165) is 13.1 Å². The van der Waals surface area contributed by atoms with Crippen LogP contribution >= 0.6 is 0 Å². The highest BCUT2D eigenvalue weighted by molar-refractivity contribution is 5.32. The van der Waals surface area contributed by atoms with Gasteiger partial charge in [-0.25, -0.2) is 0 Å². The number of benzene rings is 2. The lowest BCUT2D eigenvalue weighted by Crippen LogP contribution is -2.55. The van der Waals surface area contributed by atoms with Gasteiger partial charge in [0, 0.05) is 25.2 Å². The van der Waals surface area contributed by atoms with Gasteiger partial charge in [0.25, 0.3) is 0 Å². The van der Waals surface area contributed by atoms with Crippen molar-refractivity contribution in [1.29, 1.82) is 0 Å². The van der Waals surface area contributed by atoms with E-state index in [-0.39, 0.29) is 0 Å². The molecule has 1 heterocycles. The van der Waals surface area contributed by atoms with Crippen molar-refractivity contribution in [2.75, 3.05) is 13.1 Å². The number of hydrogen-bond donors (Lipinski definition) is 1. The predicted octanol–water partition coefficient (Wildman–Crippen LogP) is 3.46. The summed E-state index contributed by atoms with van der Waals surface area (Å²) in [7, 11) is 0. The number of nitrogens with zero attached hydrogens (tertiary/aromatic N) is 1. The van der Waals surface area contributed by atoms with Crippen molar-refractivity contribution in [2.45, 2.75) is 32.0 Å². The van der Waals surface area contributed by atoms with Crippen LogP contribution in [0.1, 0.15) is 31.0 Å². The van der Waals surface area contributed by atoms with E-state index in [4.69, 9.17) is 0 Å². The zero-order chi connectivity index (χ0) is 14.7. The summed E-state index contributed by atoms with van der Waals surface area (Å²) in [6, 6.07) is 23.1. The first kappa shape index (κ1) is 14.3. The van der Waals surface area contributed by atoms with Crippen molar-refractivity contribution in [1.82, 2.24) is 10.2 Å². The lowest BCUT2D eigenvalue weighted by atomic mass is 9.95. The molecule has 0 unspecified atom stereocenters. The van der Waals surface area contributed by atoms with Crippen LogP contribution in [-0.2, 0) is 0 Å². The first-order valence-corrected chi connectivity index (χ1v) is 7.84. The van der Waals surface area contributed by atoms with Gasteiger partial charge in [-0.2, -0.15) is 0 Å². The molecule has 0 amide bonds. The van der Waals surface area contributed by atoms with Gasteiger partial charge >= 0.3 is 0 Å².